The predicted octanol–water partition coefficient (Wildman–Crippen LogP) is 2.75. The molecule has 1 saturated heterocycles. The first kappa shape index (κ1) is 16.5. The van der Waals surface area contributed by atoms with Crippen LogP contribution in [0.4, 0.5) is 5.69 Å². The molecule has 5 heteroatoms. The highest BCUT2D eigenvalue weighted by Gasteiger charge is 2.22. The Kier molecular flexibility index (Phi) is 5.46. The molecule has 0 aromatic heterocycles. The Morgan fingerprint density at radius 2 is 1.96 bits per heavy atom. The van der Waals surface area contributed by atoms with Gasteiger partial charge in [-0.3, -0.25) is 4.79 Å². The van der Waals surface area contributed by atoms with Gasteiger partial charge in [0, 0.05) is 13.1 Å². The van der Waals surface area contributed by atoms with Crippen LogP contribution in [0.25, 0.3) is 0 Å². The number of nitrogens with one attached hydrogen (secondary N) is 2. The van der Waals surface area contributed by atoms with Gasteiger partial charge in [-0.2, -0.15) is 0 Å². The van der Waals surface area contributed by atoms with Gasteiger partial charge in [-0.1, -0.05) is 42.5 Å². The van der Waals surface area contributed by atoms with Gasteiger partial charge in [0.2, 0.25) is 0 Å². The minimum Gasteiger partial charge on any atom is -0.484 e. The molecule has 1 fully saturated rings. The lowest BCUT2D eigenvalue weighted by atomic mass is 10.1. The number of para-hydroxylation sites is 2. The maximum atomic E-state index is 12.3. The molecule has 1 heterocycles. The Bertz CT molecular complexity index is 669. The molecule has 1 amide bonds. The zero-order valence-corrected chi connectivity index (χ0v) is 13.7. The first-order chi connectivity index (χ1) is 11.7. The molecule has 0 saturated carbocycles. The highest BCUT2D eigenvalue weighted by atomic mass is 16.5. The quantitative estimate of drug-likeness (QED) is 0.887. The van der Waals surface area contributed by atoms with Gasteiger partial charge < -0.3 is 20.1 Å². The molecule has 2 N–H and O–H groups in total. The van der Waals surface area contributed by atoms with Gasteiger partial charge in [-0.05, 0) is 24.6 Å². The molecular weight excluding hydrogens is 304 g/mol. The summed E-state index contributed by atoms with van der Waals surface area (Å²) in [5, 5.41) is 6.06. The van der Waals surface area contributed by atoms with Crippen LogP contribution in [0.2, 0.25) is 0 Å². The van der Waals surface area contributed by atoms with Crippen molar-refractivity contribution in [2.24, 2.45) is 0 Å². The van der Waals surface area contributed by atoms with Crippen LogP contribution in [0, 0.1) is 0 Å². The third-order valence-corrected chi connectivity index (χ3v) is 3.94. The fourth-order valence-corrected chi connectivity index (χ4v) is 2.60. The zero-order valence-electron chi connectivity index (χ0n) is 13.7. The summed E-state index contributed by atoms with van der Waals surface area (Å²) >= 11 is 0. The van der Waals surface area contributed by atoms with Crippen LogP contribution in [0.15, 0.2) is 54.6 Å². The van der Waals surface area contributed by atoms with Crippen molar-refractivity contribution in [1.29, 1.82) is 0 Å². The Hall–Kier alpha value is -2.37. The number of rotatable bonds is 5. The Balaban J connectivity index is 1.69. The summed E-state index contributed by atoms with van der Waals surface area (Å²) in [7, 11) is 0. The normalized spacial score (nSPS) is 18.6. The predicted molar refractivity (Wildman–Crippen MR) is 93.2 cm³/mol. The summed E-state index contributed by atoms with van der Waals surface area (Å²) in [4.78, 5) is 12.3. The first-order valence-electron chi connectivity index (χ1n) is 8.18. The van der Waals surface area contributed by atoms with E-state index in [1.54, 1.807) is 0 Å². The molecule has 2 unspecified atom stereocenters. The van der Waals surface area contributed by atoms with E-state index in [4.69, 9.17) is 9.47 Å². The molecular formula is C19H22N2O3. The number of morpholine rings is 1. The number of hydrogen-bond donors (Lipinski definition) is 2. The number of benzene rings is 2. The van der Waals surface area contributed by atoms with Crippen LogP contribution in [-0.4, -0.2) is 31.7 Å². The molecule has 0 radical (unpaired) electrons. The Labute approximate surface area is 142 Å². The Morgan fingerprint density at radius 3 is 2.71 bits per heavy atom. The van der Waals surface area contributed by atoms with Crippen molar-refractivity contribution < 1.29 is 14.3 Å². The second-order valence-corrected chi connectivity index (χ2v) is 5.72. The van der Waals surface area contributed by atoms with E-state index >= 15 is 0 Å². The SMILES string of the molecule is CC(Oc1ccccc1NC(=O)C1CNCCO1)c1ccccc1. The van der Waals surface area contributed by atoms with E-state index in [0.717, 1.165) is 12.1 Å². The average Bonchev–Trinajstić information content (AvgIpc) is 2.64. The maximum absolute atomic E-state index is 12.3. The lowest BCUT2D eigenvalue weighted by molar-refractivity contribution is -0.128. The first-order valence-corrected chi connectivity index (χ1v) is 8.18. The van der Waals surface area contributed by atoms with E-state index in [0.29, 0.717) is 24.6 Å². The molecule has 2 aromatic rings. The van der Waals surface area contributed by atoms with Crippen molar-refractivity contribution in [2.75, 3.05) is 25.0 Å². The second kappa shape index (κ2) is 7.95. The maximum Gasteiger partial charge on any atom is 0.254 e. The van der Waals surface area contributed by atoms with Crippen LogP contribution < -0.4 is 15.4 Å². The molecule has 126 valence electrons. The van der Waals surface area contributed by atoms with Gasteiger partial charge >= 0.3 is 0 Å². The standard InChI is InChI=1S/C19H22N2O3/c1-14(15-7-3-2-4-8-15)24-17-10-6-5-9-16(17)21-19(22)18-13-20-11-12-23-18/h2-10,14,18,20H,11-13H2,1H3,(H,21,22). The van der Waals surface area contributed by atoms with Crippen molar-refractivity contribution in [3.05, 3.63) is 60.2 Å². The summed E-state index contributed by atoms with van der Waals surface area (Å²) in [6.45, 7) is 3.83. The largest absolute Gasteiger partial charge is 0.484 e. The minimum absolute atomic E-state index is 0.114. The topological polar surface area (TPSA) is 59.6 Å². The minimum atomic E-state index is -0.474. The van der Waals surface area contributed by atoms with Crippen molar-refractivity contribution in [3.8, 4) is 5.75 Å². The number of anilines is 1. The zero-order chi connectivity index (χ0) is 16.8. The van der Waals surface area contributed by atoms with E-state index in [-0.39, 0.29) is 12.0 Å². The number of carbonyl (C=O) groups excluding carboxylic acids is 1. The lowest BCUT2D eigenvalue weighted by Gasteiger charge is -2.23. The summed E-state index contributed by atoms with van der Waals surface area (Å²) in [5.74, 6) is 0.483. The molecule has 0 bridgehead atoms. The number of carbonyl (C=O) groups is 1. The van der Waals surface area contributed by atoms with E-state index < -0.39 is 6.10 Å². The van der Waals surface area contributed by atoms with Crippen LogP contribution in [0.1, 0.15) is 18.6 Å². The van der Waals surface area contributed by atoms with Gasteiger partial charge in [-0.15, -0.1) is 0 Å². The summed E-state index contributed by atoms with van der Waals surface area (Å²) in [5.41, 5.74) is 1.73. The number of ether oxygens (including phenoxy) is 2. The monoisotopic (exact) mass is 326 g/mol. The van der Waals surface area contributed by atoms with E-state index in [2.05, 4.69) is 10.6 Å². The van der Waals surface area contributed by atoms with Crippen molar-refractivity contribution in [2.45, 2.75) is 19.1 Å². The molecule has 3 rings (SSSR count). The van der Waals surface area contributed by atoms with E-state index in [9.17, 15) is 4.79 Å². The molecule has 2 aromatic carbocycles. The van der Waals surface area contributed by atoms with Crippen LogP contribution in [-0.2, 0) is 9.53 Å². The summed E-state index contributed by atoms with van der Waals surface area (Å²) < 4.78 is 11.5. The van der Waals surface area contributed by atoms with Gasteiger partial charge in [0.05, 0.1) is 12.3 Å². The fourth-order valence-electron chi connectivity index (χ4n) is 2.60. The highest BCUT2D eigenvalue weighted by Crippen LogP contribution is 2.29. The van der Waals surface area contributed by atoms with Crippen molar-refractivity contribution >= 4 is 11.6 Å². The van der Waals surface area contributed by atoms with Crippen molar-refractivity contribution in [1.82, 2.24) is 5.32 Å². The molecule has 1 aliphatic rings. The third-order valence-electron chi connectivity index (χ3n) is 3.94. The van der Waals surface area contributed by atoms with E-state index in [1.165, 1.54) is 0 Å². The smallest absolute Gasteiger partial charge is 0.254 e. The summed E-state index contributed by atoms with van der Waals surface area (Å²) in [6.07, 6.45) is -0.588. The second-order valence-electron chi connectivity index (χ2n) is 5.72. The molecule has 0 aliphatic carbocycles. The number of amides is 1. The molecule has 24 heavy (non-hydrogen) atoms. The van der Waals surface area contributed by atoms with Crippen molar-refractivity contribution in [3.63, 3.8) is 0 Å². The number of hydrogen-bond acceptors (Lipinski definition) is 4. The van der Waals surface area contributed by atoms with Gasteiger partial charge in [0.15, 0.2) is 0 Å². The molecule has 1 aliphatic heterocycles. The molecule has 5 nitrogen and oxygen atoms in total. The van der Waals surface area contributed by atoms with Crippen LogP contribution in [0.3, 0.4) is 0 Å². The lowest BCUT2D eigenvalue weighted by Crippen LogP contribution is -2.45. The van der Waals surface area contributed by atoms with Gasteiger partial charge in [0.25, 0.3) is 5.91 Å². The van der Waals surface area contributed by atoms with Crippen LogP contribution in [0.5, 0.6) is 5.75 Å². The molecule has 2 atom stereocenters. The third kappa shape index (κ3) is 4.13. The average molecular weight is 326 g/mol. The summed E-state index contributed by atoms with van der Waals surface area (Å²) in [6, 6.07) is 17.4. The fraction of sp³-hybridized carbons (Fsp3) is 0.316. The Morgan fingerprint density at radius 1 is 1.21 bits per heavy atom. The van der Waals surface area contributed by atoms with Gasteiger partial charge in [-0.25, -0.2) is 0 Å². The molecule has 0 spiro atoms. The van der Waals surface area contributed by atoms with E-state index in [1.807, 2.05) is 61.5 Å². The van der Waals surface area contributed by atoms with Gasteiger partial charge in [0.1, 0.15) is 18.0 Å². The highest BCUT2D eigenvalue weighted by molar-refractivity contribution is 5.95. The van der Waals surface area contributed by atoms with Crippen LogP contribution >= 0.6 is 0 Å².